The lowest BCUT2D eigenvalue weighted by atomic mass is 10.2. The number of nitrogens with zero attached hydrogens (tertiary/aromatic N) is 1. The van der Waals surface area contributed by atoms with Gasteiger partial charge in [0.15, 0.2) is 5.13 Å². The van der Waals surface area contributed by atoms with Crippen molar-refractivity contribution in [2.75, 3.05) is 5.32 Å². The lowest BCUT2D eigenvalue weighted by molar-refractivity contribution is 0.100. The molecule has 2 rings (SSSR count). The summed E-state index contributed by atoms with van der Waals surface area (Å²) in [4.78, 5) is 26.9. The summed E-state index contributed by atoms with van der Waals surface area (Å²) in [5, 5.41) is 3.47. The van der Waals surface area contributed by atoms with E-state index in [0.717, 1.165) is 11.3 Å². The van der Waals surface area contributed by atoms with E-state index in [9.17, 15) is 9.59 Å². The van der Waals surface area contributed by atoms with Gasteiger partial charge in [0.05, 0.1) is 16.2 Å². The molecule has 98 valence electrons. The van der Waals surface area contributed by atoms with E-state index in [2.05, 4.69) is 10.3 Å². The minimum absolute atomic E-state index is 0.268. The number of halogens is 2. The van der Waals surface area contributed by atoms with Crippen molar-refractivity contribution in [2.24, 2.45) is 5.73 Å². The van der Waals surface area contributed by atoms with Gasteiger partial charge in [-0.3, -0.25) is 14.9 Å². The second kappa shape index (κ2) is 5.56. The summed E-state index contributed by atoms with van der Waals surface area (Å²) in [6.45, 7) is 0. The van der Waals surface area contributed by atoms with Crippen molar-refractivity contribution in [2.45, 2.75) is 0 Å². The number of nitrogens with one attached hydrogen (secondary N) is 1. The van der Waals surface area contributed by atoms with Gasteiger partial charge in [-0.25, -0.2) is 4.98 Å². The van der Waals surface area contributed by atoms with Crippen LogP contribution in [0.4, 0.5) is 5.13 Å². The highest BCUT2D eigenvalue weighted by Crippen LogP contribution is 2.24. The molecule has 0 saturated heterocycles. The predicted octanol–water partition coefficient (Wildman–Crippen LogP) is 2.80. The molecule has 1 heterocycles. The molecule has 1 aromatic carbocycles. The lowest BCUT2D eigenvalue weighted by Crippen LogP contribution is -2.11. The zero-order valence-electron chi connectivity index (χ0n) is 9.31. The van der Waals surface area contributed by atoms with Gasteiger partial charge in [-0.2, -0.15) is 0 Å². The molecule has 1 aromatic heterocycles. The van der Waals surface area contributed by atoms with Crippen molar-refractivity contribution in [3.8, 4) is 0 Å². The molecule has 0 fully saturated rings. The number of nitrogens with two attached hydrogens (primary N) is 1. The van der Waals surface area contributed by atoms with Gasteiger partial charge in [0.1, 0.15) is 4.88 Å². The Morgan fingerprint density at radius 3 is 2.58 bits per heavy atom. The van der Waals surface area contributed by atoms with Crippen LogP contribution >= 0.6 is 34.5 Å². The van der Waals surface area contributed by atoms with Gasteiger partial charge in [0, 0.05) is 5.56 Å². The Hall–Kier alpha value is -1.63. The number of carbonyl (C=O) groups is 2. The normalized spacial score (nSPS) is 10.2. The van der Waals surface area contributed by atoms with E-state index >= 15 is 0 Å². The summed E-state index contributed by atoms with van der Waals surface area (Å²) >= 11 is 12.6. The molecule has 3 N–H and O–H groups in total. The van der Waals surface area contributed by atoms with E-state index < -0.39 is 11.8 Å². The van der Waals surface area contributed by atoms with Crippen LogP contribution in [0.2, 0.25) is 10.0 Å². The highest BCUT2D eigenvalue weighted by atomic mass is 35.5. The Bertz CT molecular complexity index is 657. The Balaban J connectivity index is 2.15. The fourth-order valence-corrected chi connectivity index (χ4v) is 2.21. The molecule has 0 saturated carbocycles. The van der Waals surface area contributed by atoms with Crippen LogP contribution in [0.3, 0.4) is 0 Å². The van der Waals surface area contributed by atoms with Crippen LogP contribution < -0.4 is 11.1 Å². The number of hydrogen-bond acceptors (Lipinski definition) is 4. The first-order valence-corrected chi connectivity index (χ1v) is 6.56. The molecule has 0 aliphatic carbocycles. The maximum absolute atomic E-state index is 11.9. The maximum atomic E-state index is 11.9. The first-order chi connectivity index (χ1) is 8.97. The van der Waals surface area contributed by atoms with Gasteiger partial charge in [0.2, 0.25) is 0 Å². The third-order valence-electron chi connectivity index (χ3n) is 2.15. The number of thiazole rings is 1. The molecule has 0 radical (unpaired) electrons. The van der Waals surface area contributed by atoms with Crippen molar-refractivity contribution < 1.29 is 9.59 Å². The van der Waals surface area contributed by atoms with Gasteiger partial charge in [0.25, 0.3) is 11.8 Å². The van der Waals surface area contributed by atoms with E-state index in [4.69, 9.17) is 28.9 Å². The molecule has 0 aliphatic rings. The number of hydrogen-bond donors (Lipinski definition) is 2. The Kier molecular flexibility index (Phi) is 4.04. The number of benzene rings is 1. The molecule has 2 aromatic rings. The van der Waals surface area contributed by atoms with Crippen molar-refractivity contribution in [1.29, 1.82) is 0 Å². The van der Waals surface area contributed by atoms with E-state index in [1.807, 2.05) is 0 Å². The standard InChI is InChI=1S/C11H7Cl2N3O2S/c12-6-2-1-5(3-7(6)13)10(18)16-11-15-4-8(19-11)9(14)17/h1-4H,(H2,14,17)(H,15,16,18). The van der Waals surface area contributed by atoms with Crippen LogP contribution in [0.5, 0.6) is 0 Å². The number of carbonyl (C=O) groups excluding carboxylic acids is 2. The predicted molar refractivity (Wildman–Crippen MR) is 75.0 cm³/mol. The SMILES string of the molecule is NC(=O)c1cnc(NC(=O)c2ccc(Cl)c(Cl)c2)s1. The number of amides is 2. The molecule has 5 nitrogen and oxygen atoms in total. The summed E-state index contributed by atoms with van der Waals surface area (Å²) < 4.78 is 0. The van der Waals surface area contributed by atoms with E-state index in [-0.39, 0.29) is 15.0 Å². The van der Waals surface area contributed by atoms with Gasteiger partial charge >= 0.3 is 0 Å². The van der Waals surface area contributed by atoms with Gasteiger partial charge in [-0.05, 0) is 18.2 Å². The van der Waals surface area contributed by atoms with Gasteiger partial charge in [-0.15, -0.1) is 0 Å². The smallest absolute Gasteiger partial charge is 0.260 e. The molecule has 0 spiro atoms. The third kappa shape index (κ3) is 3.23. The summed E-state index contributed by atoms with van der Waals surface area (Å²) in [7, 11) is 0. The molecule has 19 heavy (non-hydrogen) atoms. The van der Waals surface area contributed by atoms with Crippen molar-refractivity contribution in [3.05, 3.63) is 44.9 Å². The zero-order valence-corrected chi connectivity index (χ0v) is 11.6. The Morgan fingerprint density at radius 1 is 1.26 bits per heavy atom. The highest BCUT2D eigenvalue weighted by Gasteiger charge is 2.12. The quantitative estimate of drug-likeness (QED) is 0.913. The summed E-state index contributed by atoms with van der Waals surface area (Å²) in [5.74, 6) is -0.989. The minimum Gasteiger partial charge on any atom is -0.365 e. The van der Waals surface area contributed by atoms with Crippen molar-refractivity contribution in [1.82, 2.24) is 4.98 Å². The Labute approximate surface area is 122 Å². The first-order valence-electron chi connectivity index (χ1n) is 4.99. The minimum atomic E-state index is -0.590. The molecular formula is C11H7Cl2N3O2S. The molecule has 2 amide bonds. The zero-order chi connectivity index (χ0) is 14.0. The summed E-state index contributed by atoms with van der Waals surface area (Å²) in [5.41, 5.74) is 5.43. The van der Waals surface area contributed by atoms with Crippen LogP contribution in [0, 0.1) is 0 Å². The molecular weight excluding hydrogens is 309 g/mol. The monoisotopic (exact) mass is 315 g/mol. The summed E-state index contributed by atoms with van der Waals surface area (Å²) in [6.07, 6.45) is 1.30. The van der Waals surface area contributed by atoms with Crippen LogP contribution in [0.15, 0.2) is 24.4 Å². The molecule has 0 aliphatic heterocycles. The second-order valence-corrected chi connectivity index (χ2v) is 5.32. The average molecular weight is 316 g/mol. The van der Waals surface area contributed by atoms with Crippen LogP contribution in [0.1, 0.15) is 20.0 Å². The van der Waals surface area contributed by atoms with E-state index in [1.54, 1.807) is 0 Å². The third-order valence-corrected chi connectivity index (χ3v) is 3.82. The molecule has 0 unspecified atom stereocenters. The number of primary amides is 1. The molecule has 8 heteroatoms. The van der Waals surface area contributed by atoms with Crippen LogP contribution in [0.25, 0.3) is 0 Å². The van der Waals surface area contributed by atoms with Gasteiger partial charge < -0.3 is 5.73 Å². The van der Waals surface area contributed by atoms with Crippen LogP contribution in [-0.2, 0) is 0 Å². The number of rotatable bonds is 3. The topological polar surface area (TPSA) is 85.1 Å². The molecule has 0 atom stereocenters. The fraction of sp³-hybridized carbons (Fsp3) is 0. The largest absolute Gasteiger partial charge is 0.365 e. The van der Waals surface area contributed by atoms with E-state index in [1.165, 1.54) is 24.4 Å². The number of anilines is 1. The summed E-state index contributed by atoms with van der Waals surface area (Å²) in [6, 6.07) is 4.50. The van der Waals surface area contributed by atoms with Crippen molar-refractivity contribution >= 4 is 51.5 Å². The highest BCUT2D eigenvalue weighted by molar-refractivity contribution is 7.17. The second-order valence-electron chi connectivity index (χ2n) is 3.48. The van der Waals surface area contributed by atoms with Crippen LogP contribution in [-0.4, -0.2) is 16.8 Å². The first kappa shape index (κ1) is 13.8. The molecule has 0 bridgehead atoms. The van der Waals surface area contributed by atoms with E-state index in [0.29, 0.717) is 10.6 Å². The number of aromatic nitrogens is 1. The van der Waals surface area contributed by atoms with Gasteiger partial charge in [-0.1, -0.05) is 34.5 Å². The van der Waals surface area contributed by atoms with Crippen molar-refractivity contribution in [3.63, 3.8) is 0 Å². The lowest BCUT2D eigenvalue weighted by Gasteiger charge is -2.02. The maximum Gasteiger partial charge on any atom is 0.260 e. The average Bonchev–Trinajstić information content (AvgIpc) is 2.81. The Morgan fingerprint density at radius 2 is 2.00 bits per heavy atom. The fourth-order valence-electron chi connectivity index (χ4n) is 1.25.